The van der Waals surface area contributed by atoms with E-state index in [0.29, 0.717) is 12.2 Å². The molecule has 13 heavy (non-hydrogen) atoms. The van der Waals surface area contributed by atoms with Gasteiger partial charge in [-0.05, 0) is 13.8 Å². The zero-order valence-electron chi connectivity index (χ0n) is 7.87. The van der Waals surface area contributed by atoms with E-state index in [-0.39, 0.29) is 12.5 Å². The van der Waals surface area contributed by atoms with Gasteiger partial charge in [0.25, 0.3) is 0 Å². The topological polar surface area (TPSA) is 72.9 Å². The number of nitrogens with zero attached hydrogens (tertiary/aromatic N) is 2. The van der Waals surface area contributed by atoms with Crippen LogP contribution in [0.1, 0.15) is 12.6 Å². The van der Waals surface area contributed by atoms with Crippen molar-refractivity contribution in [1.29, 1.82) is 0 Å². The van der Waals surface area contributed by atoms with Crippen LogP contribution < -0.4 is 11.1 Å². The standard InChI is InChI=1S/C8H14N4O/c1-3-10-8(13)5-12-4-7(9)6(2)11-12/h4H,3,5,9H2,1-2H3,(H,10,13). The fourth-order valence-corrected chi connectivity index (χ4v) is 1.01. The normalized spacial score (nSPS) is 10.0. The highest BCUT2D eigenvalue weighted by atomic mass is 16.2. The molecule has 1 amide bonds. The smallest absolute Gasteiger partial charge is 0.241 e. The predicted octanol–water partition coefficient (Wildman–Crippen LogP) is -0.0902. The molecule has 1 rings (SSSR count). The van der Waals surface area contributed by atoms with Crippen molar-refractivity contribution in [2.24, 2.45) is 0 Å². The van der Waals surface area contributed by atoms with Gasteiger partial charge in [0, 0.05) is 12.7 Å². The molecule has 0 radical (unpaired) electrons. The summed E-state index contributed by atoms with van der Waals surface area (Å²) in [6.07, 6.45) is 1.66. The van der Waals surface area contributed by atoms with Crippen LogP contribution in [-0.4, -0.2) is 22.2 Å². The third-order valence-corrected chi connectivity index (χ3v) is 1.66. The summed E-state index contributed by atoms with van der Waals surface area (Å²) in [7, 11) is 0. The number of aryl methyl sites for hydroxylation is 1. The van der Waals surface area contributed by atoms with E-state index in [0.717, 1.165) is 5.69 Å². The molecule has 5 nitrogen and oxygen atoms in total. The van der Waals surface area contributed by atoms with Crippen molar-refractivity contribution in [1.82, 2.24) is 15.1 Å². The molecule has 1 aromatic heterocycles. The molecule has 1 aromatic rings. The zero-order valence-corrected chi connectivity index (χ0v) is 7.87. The van der Waals surface area contributed by atoms with Gasteiger partial charge in [0.2, 0.25) is 5.91 Å². The molecular formula is C8H14N4O. The minimum atomic E-state index is -0.0509. The first-order valence-corrected chi connectivity index (χ1v) is 4.19. The van der Waals surface area contributed by atoms with E-state index in [1.807, 2.05) is 13.8 Å². The van der Waals surface area contributed by atoms with Gasteiger partial charge in [-0.15, -0.1) is 0 Å². The van der Waals surface area contributed by atoms with E-state index in [1.165, 1.54) is 4.68 Å². The number of carbonyl (C=O) groups excluding carboxylic acids is 1. The van der Waals surface area contributed by atoms with Crippen LogP contribution in [0.4, 0.5) is 5.69 Å². The molecule has 3 N–H and O–H groups in total. The van der Waals surface area contributed by atoms with Crippen LogP contribution in [0.2, 0.25) is 0 Å². The highest BCUT2D eigenvalue weighted by Crippen LogP contribution is 2.05. The van der Waals surface area contributed by atoms with Gasteiger partial charge in [0.05, 0.1) is 11.4 Å². The fraction of sp³-hybridized carbons (Fsp3) is 0.500. The van der Waals surface area contributed by atoms with E-state index in [9.17, 15) is 4.79 Å². The van der Waals surface area contributed by atoms with Crippen molar-refractivity contribution in [3.63, 3.8) is 0 Å². The number of anilines is 1. The number of nitrogens with two attached hydrogens (primary N) is 1. The number of rotatable bonds is 3. The van der Waals surface area contributed by atoms with Crippen LogP contribution in [-0.2, 0) is 11.3 Å². The summed E-state index contributed by atoms with van der Waals surface area (Å²) in [5.41, 5.74) is 6.94. The average Bonchev–Trinajstić information content (AvgIpc) is 2.31. The van der Waals surface area contributed by atoms with E-state index >= 15 is 0 Å². The molecular weight excluding hydrogens is 168 g/mol. The molecule has 0 saturated heterocycles. The van der Waals surface area contributed by atoms with Crippen LogP contribution in [0.5, 0.6) is 0 Å². The Labute approximate surface area is 76.9 Å². The van der Waals surface area contributed by atoms with Crippen molar-refractivity contribution < 1.29 is 4.79 Å². The Bertz CT molecular complexity index is 286. The molecule has 1 heterocycles. The van der Waals surface area contributed by atoms with Crippen molar-refractivity contribution in [2.75, 3.05) is 12.3 Å². The van der Waals surface area contributed by atoms with Gasteiger partial charge < -0.3 is 11.1 Å². The molecule has 0 spiro atoms. The Kier molecular flexibility index (Phi) is 2.89. The lowest BCUT2D eigenvalue weighted by molar-refractivity contribution is -0.121. The number of amides is 1. The Hall–Kier alpha value is -1.52. The van der Waals surface area contributed by atoms with Gasteiger partial charge in [0.1, 0.15) is 6.54 Å². The van der Waals surface area contributed by atoms with Gasteiger partial charge in [0.15, 0.2) is 0 Å². The first-order chi connectivity index (χ1) is 6.13. The van der Waals surface area contributed by atoms with Crippen molar-refractivity contribution in [2.45, 2.75) is 20.4 Å². The monoisotopic (exact) mass is 182 g/mol. The Balaban J connectivity index is 2.59. The second-order valence-electron chi connectivity index (χ2n) is 2.82. The maximum atomic E-state index is 11.1. The van der Waals surface area contributed by atoms with E-state index < -0.39 is 0 Å². The maximum Gasteiger partial charge on any atom is 0.241 e. The van der Waals surface area contributed by atoms with Crippen LogP contribution in [0, 0.1) is 6.92 Å². The molecule has 0 saturated carbocycles. The van der Waals surface area contributed by atoms with Crippen molar-refractivity contribution in [3.8, 4) is 0 Å². The Morgan fingerprint density at radius 3 is 2.92 bits per heavy atom. The highest BCUT2D eigenvalue weighted by molar-refractivity contribution is 5.75. The molecule has 0 aliphatic carbocycles. The number of nitrogen functional groups attached to an aromatic ring is 1. The lowest BCUT2D eigenvalue weighted by Crippen LogP contribution is -2.27. The first-order valence-electron chi connectivity index (χ1n) is 4.19. The minimum Gasteiger partial charge on any atom is -0.396 e. The highest BCUT2D eigenvalue weighted by Gasteiger charge is 2.04. The average molecular weight is 182 g/mol. The summed E-state index contributed by atoms with van der Waals surface area (Å²) in [5, 5.41) is 6.75. The summed E-state index contributed by atoms with van der Waals surface area (Å²) in [6, 6.07) is 0. The van der Waals surface area contributed by atoms with E-state index in [4.69, 9.17) is 5.73 Å². The van der Waals surface area contributed by atoms with Gasteiger partial charge in [-0.2, -0.15) is 5.10 Å². The molecule has 0 aliphatic rings. The fourth-order valence-electron chi connectivity index (χ4n) is 1.01. The minimum absolute atomic E-state index is 0.0509. The Morgan fingerprint density at radius 2 is 2.46 bits per heavy atom. The van der Waals surface area contributed by atoms with E-state index in [1.54, 1.807) is 6.20 Å². The predicted molar refractivity (Wildman–Crippen MR) is 50.1 cm³/mol. The molecule has 0 unspecified atom stereocenters. The summed E-state index contributed by atoms with van der Waals surface area (Å²) < 4.78 is 1.54. The zero-order chi connectivity index (χ0) is 9.84. The molecule has 0 aliphatic heterocycles. The number of nitrogens with one attached hydrogen (secondary N) is 1. The number of hydrogen-bond donors (Lipinski definition) is 2. The number of likely N-dealkylation sites (N-methyl/N-ethyl adjacent to an activating group) is 1. The SMILES string of the molecule is CCNC(=O)Cn1cc(N)c(C)n1. The maximum absolute atomic E-state index is 11.1. The summed E-state index contributed by atoms with van der Waals surface area (Å²) in [5.74, 6) is -0.0509. The first kappa shape index (κ1) is 9.57. The second kappa shape index (κ2) is 3.93. The number of hydrogen-bond acceptors (Lipinski definition) is 3. The van der Waals surface area contributed by atoms with Gasteiger partial charge >= 0.3 is 0 Å². The second-order valence-corrected chi connectivity index (χ2v) is 2.82. The summed E-state index contributed by atoms with van der Waals surface area (Å²) in [4.78, 5) is 11.1. The lowest BCUT2D eigenvalue weighted by atomic mass is 10.4. The number of aromatic nitrogens is 2. The number of carbonyl (C=O) groups is 1. The molecule has 0 atom stereocenters. The Morgan fingerprint density at radius 1 is 1.77 bits per heavy atom. The molecule has 5 heteroatoms. The molecule has 0 fully saturated rings. The third kappa shape index (κ3) is 2.47. The third-order valence-electron chi connectivity index (χ3n) is 1.66. The summed E-state index contributed by atoms with van der Waals surface area (Å²) >= 11 is 0. The largest absolute Gasteiger partial charge is 0.396 e. The van der Waals surface area contributed by atoms with Crippen LogP contribution in [0.15, 0.2) is 6.20 Å². The molecule has 72 valence electrons. The lowest BCUT2D eigenvalue weighted by Gasteiger charge is -2.00. The van der Waals surface area contributed by atoms with Gasteiger partial charge in [-0.25, -0.2) is 0 Å². The van der Waals surface area contributed by atoms with Crippen LogP contribution >= 0.6 is 0 Å². The molecule has 0 bridgehead atoms. The quantitative estimate of drug-likeness (QED) is 0.686. The summed E-state index contributed by atoms with van der Waals surface area (Å²) in [6.45, 7) is 4.55. The van der Waals surface area contributed by atoms with Gasteiger partial charge in [-0.3, -0.25) is 9.48 Å². The van der Waals surface area contributed by atoms with Crippen LogP contribution in [0.25, 0.3) is 0 Å². The van der Waals surface area contributed by atoms with Gasteiger partial charge in [-0.1, -0.05) is 0 Å². The van der Waals surface area contributed by atoms with Crippen molar-refractivity contribution >= 4 is 11.6 Å². The van der Waals surface area contributed by atoms with Crippen LogP contribution in [0.3, 0.4) is 0 Å². The van der Waals surface area contributed by atoms with E-state index in [2.05, 4.69) is 10.4 Å². The molecule has 0 aromatic carbocycles. The van der Waals surface area contributed by atoms with Crippen molar-refractivity contribution in [3.05, 3.63) is 11.9 Å².